The molecule has 5 nitrogen and oxygen atoms in total. The van der Waals surface area contributed by atoms with E-state index in [9.17, 15) is 8.42 Å². The van der Waals surface area contributed by atoms with Gasteiger partial charge in [0.05, 0.1) is 26.5 Å². The van der Waals surface area contributed by atoms with Gasteiger partial charge in [-0.2, -0.15) is 0 Å². The monoisotopic (exact) mass is 321 g/mol. The molecule has 1 aromatic heterocycles. The fraction of sp³-hybridized carbons (Fsp3) is 0.0714. The van der Waals surface area contributed by atoms with Gasteiger partial charge in [-0.3, -0.25) is 0 Å². The van der Waals surface area contributed by atoms with Gasteiger partial charge >= 0.3 is 0 Å². The first-order chi connectivity index (χ1) is 9.86. The number of hydrogen-bond acceptors (Lipinski definition) is 4. The number of fused-ring (bicyclic) bond motifs is 1. The van der Waals surface area contributed by atoms with E-state index in [0.29, 0.717) is 33.1 Å². The molecule has 0 saturated heterocycles. The van der Waals surface area contributed by atoms with Crippen LogP contribution in [0.4, 0.5) is 5.69 Å². The summed E-state index contributed by atoms with van der Waals surface area (Å²) in [6.07, 6.45) is 1.16. The van der Waals surface area contributed by atoms with Crippen molar-refractivity contribution in [1.82, 2.24) is 9.97 Å². The molecule has 3 rings (SSSR count). The molecule has 0 atom stereocenters. The lowest BCUT2D eigenvalue weighted by molar-refractivity contribution is 0.602. The third kappa shape index (κ3) is 2.48. The number of sulfone groups is 1. The maximum absolute atomic E-state index is 11.6. The zero-order valence-electron chi connectivity index (χ0n) is 11.1. The number of aromatic amines is 1. The summed E-state index contributed by atoms with van der Waals surface area (Å²) in [6.45, 7) is 0. The number of benzene rings is 2. The number of imidazole rings is 1. The highest BCUT2D eigenvalue weighted by atomic mass is 35.5. The summed E-state index contributed by atoms with van der Waals surface area (Å²) >= 11 is 6.16. The molecule has 0 spiro atoms. The van der Waals surface area contributed by atoms with Crippen molar-refractivity contribution < 1.29 is 8.42 Å². The van der Waals surface area contributed by atoms with Gasteiger partial charge in [-0.05, 0) is 30.3 Å². The predicted octanol–water partition coefficient (Wildman–Crippen LogP) is 2.87. The molecule has 0 aliphatic rings. The number of rotatable bonds is 2. The van der Waals surface area contributed by atoms with Crippen LogP contribution in [-0.2, 0) is 9.84 Å². The van der Waals surface area contributed by atoms with E-state index in [0.717, 1.165) is 6.26 Å². The van der Waals surface area contributed by atoms with E-state index in [4.69, 9.17) is 17.3 Å². The molecule has 0 amide bonds. The average molecular weight is 322 g/mol. The Morgan fingerprint density at radius 2 is 2.00 bits per heavy atom. The first-order valence-electron chi connectivity index (χ1n) is 6.10. The molecule has 108 valence electrons. The van der Waals surface area contributed by atoms with Crippen LogP contribution in [0, 0.1) is 0 Å². The average Bonchev–Trinajstić information content (AvgIpc) is 2.79. The van der Waals surface area contributed by atoms with Crippen molar-refractivity contribution in [1.29, 1.82) is 0 Å². The van der Waals surface area contributed by atoms with Crippen molar-refractivity contribution in [3.8, 4) is 11.4 Å². The lowest BCUT2D eigenvalue weighted by atomic mass is 10.2. The Morgan fingerprint density at radius 3 is 2.67 bits per heavy atom. The Labute approximate surface area is 126 Å². The number of nitrogens with two attached hydrogens (primary N) is 1. The van der Waals surface area contributed by atoms with Gasteiger partial charge in [0.1, 0.15) is 5.82 Å². The number of aromatic nitrogens is 2. The third-order valence-corrected chi connectivity index (χ3v) is 4.59. The van der Waals surface area contributed by atoms with E-state index < -0.39 is 9.84 Å². The molecule has 0 radical (unpaired) electrons. The number of H-pyrrole nitrogens is 1. The zero-order valence-corrected chi connectivity index (χ0v) is 12.7. The Kier molecular flexibility index (Phi) is 3.15. The highest BCUT2D eigenvalue weighted by Gasteiger charge is 2.14. The second-order valence-electron chi connectivity index (χ2n) is 4.74. The highest BCUT2D eigenvalue weighted by Crippen LogP contribution is 2.32. The standard InChI is InChI=1S/C14H12ClN3O2S/c1-21(19,20)8-5-6-11-12(7-8)18-14(17-11)13-9(15)3-2-4-10(13)16/h2-7H,16H2,1H3,(H,17,18). The molecule has 0 aliphatic carbocycles. The van der Waals surface area contributed by atoms with Crippen LogP contribution >= 0.6 is 11.6 Å². The quantitative estimate of drug-likeness (QED) is 0.710. The minimum atomic E-state index is -3.26. The molecule has 3 aromatic rings. The van der Waals surface area contributed by atoms with Crippen molar-refractivity contribution in [2.24, 2.45) is 0 Å². The molecule has 0 fully saturated rings. The fourth-order valence-corrected chi connectivity index (χ4v) is 3.05. The molecule has 2 aromatic carbocycles. The van der Waals surface area contributed by atoms with Crippen LogP contribution in [0.5, 0.6) is 0 Å². The number of hydrogen-bond donors (Lipinski definition) is 2. The molecule has 1 heterocycles. The summed E-state index contributed by atoms with van der Waals surface area (Å²) in [5, 5.41) is 0.484. The van der Waals surface area contributed by atoms with Gasteiger partial charge in [-0.25, -0.2) is 13.4 Å². The third-order valence-electron chi connectivity index (χ3n) is 3.16. The summed E-state index contributed by atoms with van der Waals surface area (Å²) in [4.78, 5) is 7.71. The lowest BCUT2D eigenvalue weighted by Crippen LogP contribution is -1.96. The van der Waals surface area contributed by atoms with Crippen LogP contribution < -0.4 is 5.73 Å². The van der Waals surface area contributed by atoms with Crippen LogP contribution in [0.15, 0.2) is 41.3 Å². The second-order valence-corrected chi connectivity index (χ2v) is 7.16. The topological polar surface area (TPSA) is 88.8 Å². The Bertz CT molecular complexity index is 928. The van der Waals surface area contributed by atoms with Crippen molar-refractivity contribution in [2.75, 3.05) is 12.0 Å². The van der Waals surface area contributed by atoms with Crippen molar-refractivity contribution in [2.45, 2.75) is 4.90 Å². The van der Waals surface area contributed by atoms with E-state index in [-0.39, 0.29) is 4.90 Å². The van der Waals surface area contributed by atoms with Crippen LogP contribution in [0.3, 0.4) is 0 Å². The zero-order chi connectivity index (χ0) is 15.2. The van der Waals surface area contributed by atoms with E-state index in [2.05, 4.69) is 9.97 Å². The smallest absolute Gasteiger partial charge is 0.175 e. The summed E-state index contributed by atoms with van der Waals surface area (Å²) in [5.41, 5.74) is 8.31. The van der Waals surface area contributed by atoms with Crippen LogP contribution in [0.1, 0.15) is 0 Å². The van der Waals surface area contributed by atoms with Gasteiger partial charge in [0.2, 0.25) is 0 Å². The van der Waals surface area contributed by atoms with Gasteiger partial charge in [0, 0.05) is 11.9 Å². The highest BCUT2D eigenvalue weighted by molar-refractivity contribution is 7.90. The molecule has 0 saturated carbocycles. The van der Waals surface area contributed by atoms with Crippen molar-refractivity contribution >= 4 is 38.2 Å². The molecule has 0 bridgehead atoms. The second kappa shape index (κ2) is 4.75. The molecule has 7 heteroatoms. The molecule has 3 N–H and O–H groups in total. The number of halogens is 1. The van der Waals surface area contributed by atoms with Crippen LogP contribution in [0.2, 0.25) is 5.02 Å². The molecular weight excluding hydrogens is 310 g/mol. The van der Waals surface area contributed by atoms with Crippen molar-refractivity contribution in [3.05, 3.63) is 41.4 Å². The van der Waals surface area contributed by atoms with Gasteiger partial charge in [0.15, 0.2) is 9.84 Å². The maximum Gasteiger partial charge on any atom is 0.175 e. The lowest BCUT2D eigenvalue weighted by Gasteiger charge is -2.03. The van der Waals surface area contributed by atoms with Gasteiger partial charge in [-0.1, -0.05) is 17.7 Å². The molecular formula is C14H12ClN3O2S. The molecule has 21 heavy (non-hydrogen) atoms. The van der Waals surface area contributed by atoms with Crippen LogP contribution in [-0.4, -0.2) is 24.6 Å². The summed E-state index contributed by atoms with van der Waals surface area (Å²) in [6, 6.07) is 9.94. The first kappa shape index (κ1) is 13.9. The number of nitrogen functional groups attached to an aromatic ring is 1. The summed E-state index contributed by atoms with van der Waals surface area (Å²) in [7, 11) is -3.26. The SMILES string of the molecule is CS(=O)(=O)c1ccc2nc(-c3c(N)cccc3Cl)[nH]c2c1. The Morgan fingerprint density at radius 1 is 1.24 bits per heavy atom. The number of nitrogens with one attached hydrogen (secondary N) is 1. The van der Waals surface area contributed by atoms with E-state index in [1.807, 2.05) is 0 Å². The number of anilines is 1. The van der Waals surface area contributed by atoms with Crippen LogP contribution in [0.25, 0.3) is 22.4 Å². The van der Waals surface area contributed by atoms with E-state index in [1.165, 1.54) is 6.07 Å². The van der Waals surface area contributed by atoms with E-state index in [1.54, 1.807) is 30.3 Å². The first-order valence-corrected chi connectivity index (χ1v) is 8.37. The minimum Gasteiger partial charge on any atom is -0.398 e. The molecule has 0 aliphatic heterocycles. The van der Waals surface area contributed by atoms with E-state index >= 15 is 0 Å². The van der Waals surface area contributed by atoms with Crippen molar-refractivity contribution in [3.63, 3.8) is 0 Å². The van der Waals surface area contributed by atoms with Gasteiger partial charge < -0.3 is 10.7 Å². The Hall–Kier alpha value is -2.05. The molecule has 0 unspecified atom stereocenters. The largest absolute Gasteiger partial charge is 0.398 e. The fourth-order valence-electron chi connectivity index (χ4n) is 2.13. The normalized spacial score (nSPS) is 11.9. The van der Waals surface area contributed by atoms with Gasteiger partial charge in [0.25, 0.3) is 0 Å². The summed E-state index contributed by atoms with van der Waals surface area (Å²) < 4.78 is 23.2. The maximum atomic E-state index is 11.6. The minimum absolute atomic E-state index is 0.234. The van der Waals surface area contributed by atoms with Gasteiger partial charge in [-0.15, -0.1) is 0 Å². The Balaban J connectivity index is 2.23. The summed E-state index contributed by atoms with van der Waals surface area (Å²) in [5.74, 6) is 0.513. The predicted molar refractivity (Wildman–Crippen MR) is 84.1 cm³/mol. The number of nitrogens with zero attached hydrogens (tertiary/aromatic N) is 1.